The molecule has 1 aliphatic rings. The van der Waals surface area contributed by atoms with Crippen molar-refractivity contribution >= 4 is 17.7 Å². The van der Waals surface area contributed by atoms with E-state index >= 15 is 0 Å². The van der Waals surface area contributed by atoms with Crippen molar-refractivity contribution in [3.05, 3.63) is 59.4 Å². The molecule has 3 N–H and O–H groups in total. The predicted molar refractivity (Wildman–Crippen MR) is 124 cm³/mol. The number of benzene rings is 2. The molecule has 0 atom stereocenters. The topological polar surface area (TPSA) is 106 Å². The van der Waals surface area contributed by atoms with Crippen LogP contribution in [0.1, 0.15) is 41.6 Å². The van der Waals surface area contributed by atoms with Crippen LogP contribution in [0, 0.1) is 17.7 Å². The van der Waals surface area contributed by atoms with Gasteiger partial charge in [0.05, 0.1) is 26.2 Å². The van der Waals surface area contributed by atoms with Crippen molar-refractivity contribution in [1.29, 1.82) is 0 Å². The highest BCUT2D eigenvalue weighted by molar-refractivity contribution is 5.94. The van der Waals surface area contributed by atoms with Gasteiger partial charge in [-0.2, -0.15) is 0 Å². The predicted octanol–water partition coefficient (Wildman–Crippen LogP) is 2.77. The fraction of sp³-hybridized carbons (Fsp3) is 0.400. The maximum atomic E-state index is 13.7. The van der Waals surface area contributed by atoms with Gasteiger partial charge in [-0.3, -0.25) is 25.2 Å². The largest absolute Gasteiger partial charge is 0.493 e. The summed E-state index contributed by atoms with van der Waals surface area (Å²) in [4.78, 5) is 36.9. The van der Waals surface area contributed by atoms with E-state index in [0.29, 0.717) is 30.9 Å². The standard InChI is InChI=1S/C25H30FN3O5/c1-33-21-12-9-17(13-22(21)34-2)14-23(30)28-29-24(31)18-10-7-16(8-11-18)15-27-25(32)19-5-3-4-6-20(19)26/h3-6,9,12-13,16,18H,7-8,10-11,14-15H2,1-2H3,(H,27,32)(H,28,30)(H,29,31). The Kier molecular flexibility index (Phi) is 8.84. The summed E-state index contributed by atoms with van der Waals surface area (Å²) in [5, 5.41) is 2.78. The van der Waals surface area contributed by atoms with Gasteiger partial charge >= 0.3 is 0 Å². The summed E-state index contributed by atoms with van der Waals surface area (Å²) < 4.78 is 24.1. The van der Waals surface area contributed by atoms with Crippen LogP contribution in [0.4, 0.5) is 4.39 Å². The molecule has 0 radical (unpaired) electrons. The Morgan fingerprint density at radius 1 is 0.941 bits per heavy atom. The lowest BCUT2D eigenvalue weighted by molar-refractivity contribution is -0.131. The minimum atomic E-state index is -0.548. The zero-order valence-electron chi connectivity index (χ0n) is 19.4. The molecule has 0 aliphatic heterocycles. The Bertz CT molecular complexity index is 1020. The number of hydrogen-bond donors (Lipinski definition) is 3. The number of rotatable bonds is 8. The molecule has 3 amide bonds. The Labute approximate surface area is 198 Å². The Hall–Kier alpha value is -3.62. The van der Waals surface area contributed by atoms with E-state index in [4.69, 9.17) is 9.47 Å². The number of ether oxygens (including phenoxy) is 2. The first-order valence-corrected chi connectivity index (χ1v) is 11.2. The van der Waals surface area contributed by atoms with E-state index in [1.165, 1.54) is 32.4 Å². The molecule has 3 rings (SSSR count). The van der Waals surface area contributed by atoms with Gasteiger partial charge < -0.3 is 14.8 Å². The zero-order valence-corrected chi connectivity index (χ0v) is 19.4. The number of amides is 3. The summed E-state index contributed by atoms with van der Waals surface area (Å²) in [6.45, 7) is 0.434. The molecule has 1 fully saturated rings. The quantitative estimate of drug-likeness (QED) is 0.514. The molecule has 0 aromatic heterocycles. The number of carbonyl (C=O) groups excluding carboxylic acids is 3. The van der Waals surface area contributed by atoms with Crippen molar-refractivity contribution in [3.8, 4) is 11.5 Å². The average Bonchev–Trinajstić information content (AvgIpc) is 2.86. The number of halogens is 1. The first-order chi connectivity index (χ1) is 16.4. The zero-order chi connectivity index (χ0) is 24.5. The summed E-state index contributed by atoms with van der Waals surface area (Å²) in [6, 6.07) is 11.1. The molecule has 1 aliphatic carbocycles. The SMILES string of the molecule is COc1ccc(CC(=O)NNC(=O)C2CCC(CNC(=O)c3ccccc3F)CC2)cc1OC. The fourth-order valence-corrected chi connectivity index (χ4v) is 4.06. The lowest BCUT2D eigenvalue weighted by Gasteiger charge is -2.27. The molecule has 0 spiro atoms. The molecule has 8 nitrogen and oxygen atoms in total. The molecule has 9 heteroatoms. The van der Waals surface area contributed by atoms with Crippen LogP contribution in [0.25, 0.3) is 0 Å². The van der Waals surface area contributed by atoms with E-state index in [1.807, 2.05) is 0 Å². The van der Waals surface area contributed by atoms with Gasteiger partial charge in [-0.1, -0.05) is 18.2 Å². The van der Waals surface area contributed by atoms with Crippen LogP contribution in [0.15, 0.2) is 42.5 Å². The van der Waals surface area contributed by atoms with Gasteiger partial charge in [0, 0.05) is 12.5 Å². The highest BCUT2D eigenvalue weighted by atomic mass is 19.1. The third-order valence-electron chi connectivity index (χ3n) is 6.03. The molecular weight excluding hydrogens is 441 g/mol. The van der Waals surface area contributed by atoms with E-state index in [1.54, 1.807) is 24.3 Å². The molecule has 182 valence electrons. The number of hydrogen-bond acceptors (Lipinski definition) is 5. The average molecular weight is 472 g/mol. The van der Waals surface area contributed by atoms with Crippen molar-refractivity contribution < 1.29 is 28.2 Å². The van der Waals surface area contributed by atoms with Crippen molar-refractivity contribution in [2.24, 2.45) is 11.8 Å². The van der Waals surface area contributed by atoms with E-state index in [0.717, 1.165) is 18.4 Å². The fourth-order valence-electron chi connectivity index (χ4n) is 4.06. The summed E-state index contributed by atoms with van der Waals surface area (Å²) >= 11 is 0. The second kappa shape index (κ2) is 12.0. The van der Waals surface area contributed by atoms with Gasteiger partial charge in [0.2, 0.25) is 11.8 Å². The lowest BCUT2D eigenvalue weighted by Crippen LogP contribution is -2.46. The van der Waals surface area contributed by atoms with Crippen LogP contribution < -0.4 is 25.6 Å². The van der Waals surface area contributed by atoms with Crippen molar-refractivity contribution in [1.82, 2.24) is 16.2 Å². The molecule has 0 saturated heterocycles. The van der Waals surface area contributed by atoms with Crippen LogP contribution >= 0.6 is 0 Å². The maximum absolute atomic E-state index is 13.7. The van der Waals surface area contributed by atoms with Gasteiger partial charge in [-0.15, -0.1) is 0 Å². The first-order valence-electron chi connectivity index (χ1n) is 11.2. The first kappa shape index (κ1) is 25.0. The van der Waals surface area contributed by atoms with Gasteiger partial charge in [-0.05, 0) is 61.4 Å². The van der Waals surface area contributed by atoms with Gasteiger partial charge in [0.1, 0.15) is 5.82 Å². The van der Waals surface area contributed by atoms with Crippen LogP contribution in [-0.4, -0.2) is 38.5 Å². The minimum Gasteiger partial charge on any atom is -0.493 e. The molecular formula is C25H30FN3O5. The van der Waals surface area contributed by atoms with E-state index in [9.17, 15) is 18.8 Å². The van der Waals surface area contributed by atoms with Crippen LogP contribution in [0.5, 0.6) is 11.5 Å². The summed E-state index contributed by atoms with van der Waals surface area (Å²) in [5.74, 6) is -0.441. The minimum absolute atomic E-state index is 0.0272. The third-order valence-corrected chi connectivity index (χ3v) is 6.03. The van der Waals surface area contributed by atoms with Crippen molar-refractivity contribution in [3.63, 3.8) is 0 Å². The molecule has 2 aromatic rings. The molecule has 0 unspecified atom stereocenters. The van der Waals surface area contributed by atoms with Crippen LogP contribution in [-0.2, 0) is 16.0 Å². The lowest BCUT2D eigenvalue weighted by atomic mass is 9.81. The van der Waals surface area contributed by atoms with Gasteiger partial charge in [0.25, 0.3) is 5.91 Å². The second-order valence-electron chi connectivity index (χ2n) is 8.31. The number of methoxy groups -OCH3 is 2. The summed E-state index contributed by atoms with van der Waals surface area (Å²) in [7, 11) is 3.06. The van der Waals surface area contributed by atoms with Gasteiger partial charge in [-0.25, -0.2) is 4.39 Å². The summed E-state index contributed by atoms with van der Waals surface area (Å²) in [6.07, 6.45) is 2.90. The number of hydrazine groups is 1. The normalized spacial score (nSPS) is 17.4. The third kappa shape index (κ3) is 6.69. The second-order valence-corrected chi connectivity index (χ2v) is 8.31. The van der Waals surface area contributed by atoms with Crippen LogP contribution in [0.3, 0.4) is 0 Å². The number of carbonyl (C=O) groups is 3. The Balaban J connectivity index is 1.38. The number of nitrogens with one attached hydrogen (secondary N) is 3. The van der Waals surface area contributed by atoms with Crippen molar-refractivity contribution in [2.75, 3.05) is 20.8 Å². The van der Waals surface area contributed by atoms with E-state index < -0.39 is 11.7 Å². The highest BCUT2D eigenvalue weighted by Gasteiger charge is 2.27. The Morgan fingerprint density at radius 2 is 1.65 bits per heavy atom. The molecule has 0 heterocycles. The van der Waals surface area contributed by atoms with Gasteiger partial charge in [0.15, 0.2) is 11.5 Å². The molecule has 34 heavy (non-hydrogen) atoms. The van der Waals surface area contributed by atoms with E-state index in [-0.39, 0.29) is 35.6 Å². The van der Waals surface area contributed by atoms with E-state index in [2.05, 4.69) is 16.2 Å². The van der Waals surface area contributed by atoms with Crippen LogP contribution in [0.2, 0.25) is 0 Å². The Morgan fingerprint density at radius 3 is 2.32 bits per heavy atom. The molecule has 0 bridgehead atoms. The summed E-state index contributed by atoms with van der Waals surface area (Å²) in [5.41, 5.74) is 5.73. The smallest absolute Gasteiger partial charge is 0.254 e. The van der Waals surface area contributed by atoms with Crippen molar-refractivity contribution in [2.45, 2.75) is 32.1 Å². The molecule has 1 saturated carbocycles. The highest BCUT2D eigenvalue weighted by Crippen LogP contribution is 2.29. The monoisotopic (exact) mass is 471 g/mol. The maximum Gasteiger partial charge on any atom is 0.254 e. The molecule has 2 aromatic carbocycles.